The Kier molecular flexibility index (Phi) is 5.16. The van der Waals surface area contributed by atoms with Gasteiger partial charge in [-0.2, -0.15) is 0 Å². The van der Waals surface area contributed by atoms with Crippen molar-refractivity contribution >= 4 is 17.5 Å². The molecule has 1 heterocycles. The van der Waals surface area contributed by atoms with Gasteiger partial charge in [0.05, 0.1) is 5.69 Å². The molecule has 2 fully saturated rings. The van der Waals surface area contributed by atoms with E-state index in [2.05, 4.69) is 5.32 Å². The Morgan fingerprint density at radius 1 is 1.07 bits per heavy atom. The molecule has 1 aliphatic heterocycles. The fourth-order valence-corrected chi connectivity index (χ4v) is 4.65. The maximum absolute atomic E-state index is 14.2. The number of benzene rings is 2. The molecule has 3 unspecified atom stereocenters. The van der Waals surface area contributed by atoms with E-state index in [0.717, 1.165) is 31.2 Å². The zero-order valence-corrected chi connectivity index (χ0v) is 16.0. The van der Waals surface area contributed by atoms with Crippen molar-refractivity contribution in [3.8, 4) is 0 Å². The van der Waals surface area contributed by atoms with Crippen LogP contribution in [0.2, 0.25) is 0 Å². The van der Waals surface area contributed by atoms with E-state index in [0.29, 0.717) is 17.9 Å². The summed E-state index contributed by atoms with van der Waals surface area (Å²) in [6.07, 6.45) is 4.80. The Labute approximate surface area is 164 Å². The highest BCUT2D eigenvalue weighted by molar-refractivity contribution is 6.02. The second-order valence-electron chi connectivity index (χ2n) is 7.91. The molecule has 2 aliphatic rings. The van der Waals surface area contributed by atoms with Gasteiger partial charge in [0, 0.05) is 11.6 Å². The van der Waals surface area contributed by atoms with Crippen LogP contribution >= 0.6 is 0 Å². The van der Waals surface area contributed by atoms with Gasteiger partial charge in [0.2, 0.25) is 5.91 Å². The summed E-state index contributed by atoms with van der Waals surface area (Å²) in [5.41, 5.74) is 1.55. The quantitative estimate of drug-likeness (QED) is 0.849. The lowest BCUT2D eigenvalue weighted by Gasteiger charge is -2.33. The molecule has 5 heteroatoms. The summed E-state index contributed by atoms with van der Waals surface area (Å²) in [5, 5.41) is 2.72. The SMILES string of the molecule is Cc1ccc(NC(=O)C2CC3CCCCC3N2C(=O)c2ccccc2)c(F)c1. The number of carbonyl (C=O) groups excluding carboxylic acids is 2. The van der Waals surface area contributed by atoms with Crippen molar-refractivity contribution in [1.29, 1.82) is 0 Å². The molecular formula is C23H25FN2O2. The minimum atomic E-state index is -0.568. The third-order valence-electron chi connectivity index (χ3n) is 6.03. The number of likely N-dealkylation sites (tertiary alicyclic amines) is 1. The van der Waals surface area contributed by atoms with E-state index in [1.807, 2.05) is 18.2 Å². The molecule has 0 bridgehead atoms. The maximum atomic E-state index is 14.2. The van der Waals surface area contributed by atoms with E-state index in [1.165, 1.54) is 6.07 Å². The first-order chi connectivity index (χ1) is 13.5. The van der Waals surface area contributed by atoms with Gasteiger partial charge in [0.25, 0.3) is 5.91 Å². The lowest BCUT2D eigenvalue weighted by molar-refractivity contribution is -0.120. The molecule has 2 amide bonds. The standard InChI is InChI=1S/C23H25FN2O2/c1-15-11-12-19(18(24)13-15)25-22(27)21-14-17-9-5-6-10-20(17)26(21)23(28)16-7-3-2-4-8-16/h2-4,7-8,11-13,17,20-21H,5-6,9-10,14H2,1H3,(H,25,27). The molecule has 28 heavy (non-hydrogen) atoms. The number of nitrogens with one attached hydrogen (secondary N) is 1. The fourth-order valence-electron chi connectivity index (χ4n) is 4.65. The summed E-state index contributed by atoms with van der Waals surface area (Å²) in [6, 6.07) is 13.4. The predicted octanol–water partition coefficient (Wildman–Crippen LogP) is 4.55. The van der Waals surface area contributed by atoms with E-state index < -0.39 is 11.9 Å². The highest BCUT2D eigenvalue weighted by Crippen LogP contribution is 2.41. The Morgan fingerprint density at radius 2 is 1.82 bits per heavy atom. The summed E-state index contributed by atoms with van der Waals surface area (Å²) < 4.78 is 14.2. The van der Waals surface area contributed by atoms with Gasteiger partial charge in [0.15, 0.2) is 0 Å². The predicted molar refractivity (Wildman–Crippen MR) is 107 cm³/mol. The number of carbonyl (C=O) groups is 2. The minimum Gasteiger partial charge on any atom is -0.323 e. The topological polar surface area (TPSA) is 49.4 Å². The van der Waals surface area contributed by atoms with E-state index in [-0.39, 0.29) is 23.5 Å². The number of amides is 2. The van der Waals surface area contributed by atoms with Crippen molar-refractivity contribution < 1.29 is 14.0 Å². The molecule has 0 aromatic heterocycles. The van der Waals surface area contributed by atoms with Gasteiger partial charge in [-0.25, -0.2) is 4.39 Å². The Hall–Kier alpha value is -2.69. The van der Waals surface area contributed by atoms with Crippen LogP contribution in [0.1, 0.15) is 48.0 Å². The fraction of sp³-hybridized carbons (Fsp3) is 0.391. The average molecular weight is 380 g/mol. The van der Waals surface area contributed by atoms with Gasteiger partial charge < -0.3 is 10.2 Å². The van der Waals surface area contributed by atoms with Crippen molar-refractivity contribution in [2.45, 2.75) is 51.1 Å². The summed E-state index contributed by atoms with van der Waals surface area (Å²) in [4.78, 5) is 28.1. The van der Waals surface area contributed by atoms with Crippen molar-refractivity contribution in [1.82, 2.24) is 4.90 Å². The number of hydrogen-bond acceptors (Lipinski definition) is 2. The number of fused-ring (bicyclic) bond motifs is 1. The molecule has 1 saturated carbocycles. The average Bonchev–Trinajstić information content (AvgIpc) is 3.10. The van der Waals surface area contributed by atoms with E-state index in [4.69, 9.17) is 0 Å². The highest BCUT2D eigenvalue weighted by atomic mass is 19.1. The normalized spacial score (nSPS) is 23.9. The zero-order chi connectivity index (χ0) is 19.7. The molecule has 0 spiro atoms. The van der Waals surface area contributed by atoms with Crippen LogP contribution in [0.5, 0.6) is 0 Å². The Balaban J connectivity index is 1.61. The molecule has 4 nitrogen and oxygen atoms in total. The number of aryl methyl sites for hydroxylation is 1. The Morgan fingerprint density at radius 3 is 2.57 bits per heavy atom. The second kappa shape index (κ2) is 7.74. The first kappa shape index (κ1) is 18.7. The van der Waals surface area contributed by atoms with Crippen LogP contribution in [-0.2, 0) is 4.79 Å². The molecule has 2 aromatic carbocycles. The number of anilines is 1. The van der Waals surface area contributed by atoms with Gasteiger partial charge in [-0.05, 0) is 61.9 Å². The van der Waals surface area contributed by atoms with Gasteiger partial charge in [-0.15, -0.1) is 0 Å². The van der Waals surface area contributed by atoms with Crippen LogP contribution in [0.25, 0.3) is 0 Å². The molecular weight excluding hydrogens is 355 g/mol. The first-order valence-electron chi connectivity index (χ1n) is 9.99. The van der Waals surface area contributed by atoms with Crippen LogP contribution in [-0.4, -0.2) is 28.8 Å². The highest BCUT2D eigenvalue weighted by Gasteiger charge is 2.47. The van der Waals surface area contributed by atoms with Gasteiger partial charge in [-0.1, -0.05) is 37.1 Å². The van der Waals surface area contributed by atoms with Gasteiger partial charge >= 0.3 is 0 Å². The number of halogens is 1. The number of rotatable bonds is 3. The molecule has 0 radical (unpaired) electrons. The van der Waals surface area contributed by atoms with Crippen molar-refractivity contribution in [3.63, 3.8) is 0 Å². The number of hydrogen-bond donors (Lipinski definition) is 1. The van der Waals surface area contributed by atoms with Crippen molar-refractivity contribution in [2.75, 3.05) is 5.32 Å². The van der Waals surface area contributed by atoms with Crippen molar-refractivity contribution in [2.24, 2.45) is 5.92 Å². The summed E-state index contributed by atoms with van der Waals surface area (Å²) in [7, 11) is 0. The third-order valence-corrected chi connectivity index (χ3v) is 6.03. The van der Waals surface area contributed by atoms with Crippen LogP contribution in [0, 0.1) is 18.7 Å². The second-order valence-corrected chi connectivity index (χ2v) is 7.91. The van der Waals surface area contributed by atoms with Crippen LogP contribution in [0.15, 0.2) is 48.5 Å². The minimum absolute atomic E-state index is 0.0834. The summed E-state index contributed by atoms with van der Waals surface area (Å²) in [6.45, 7) is 1.80. The molecule has 1 N–H and O–H groups in total. The van der Waals surface area contributed by atoms with Gasteiger partial charge in [-0.3, -0.25) is 9.59 Å². The molecule has 146 valence electrons. The van der Waals surface area contributed by atoms with Crippen LogP contribution in [0.3, 0.4) is 0 Å². The van der Waals surface area contributed by atoms with Crippen LogP contribution in [0.4, 0.5) is 10.1 Å². The largest absolute Gasteiger partial charge is 0.323 e. The Bertz CT molecular complexity index is 883. The molecule has 1 saturated heterocycles. The lowest BCUT2D eigenvalue weighted by atomic mass is 9.84. The number of nitrogens with zero attached hydrogens (tertiary/aromatic N) is 1. The smallest absolute Gasteiger partial charge is 0.254 e. The van der Waals surface area contributed by atoms with E-state index >= 15 is 0 Å². The molecule has 1 aliphatic carbocycles. The van der Waals surface area contributed by atoms with Crippen molar-refractivity contribution in [3.05, 3.63) is 65.5 Å². The summed E-state index contributed by atoms with van der Waals surface area (Å²) >= 11 is 0. The zero-order valence-electron chi connectivity index (χ0n) is 16.0. The molecule has 2 aromatic rings. The lowest BCUT2D eigenvalue weighted by Crippen LogP contribution is -2.47. The molecule has 4 rings (SSSR count). The maximum Gasteiger partial charge on any atom is 0.254 e. The monoisotopic (exact) mass is 380 g/mol. The van der Waals surface area contributed by atoms with E-state index in [9.17, 15) is 14.0 Å². The third kappa shape index (κ3) is 3.53. The van der Waals surface area contributed by atoms with Gasteiger partial charge in [0.1, 0.15) is 11.9 Å². The van der Waals surface area contributed by atoms with Crippen LogP contribution < -0.4 is 5.32 Å². The first-order valence-corrected chi connectivity index (χ1v) is 9.99. The van der Waals surface area contributed by atoms with E-state index in [1.54, 1.807) is 36.1 Å². The molecule has 3 atom stereocenters. The summed E-state index contributed by atoms with van der Waals surface area (Å²) in [5.74, 6) is -0.536.